The van der Waals surface area contributed by atoms with Gasteiger partial charge in [0.05, 0.1) is 10.7 Å². The topological polar surface area (TPSA) is 47.8 Å². The molecule has 2 aromatic rings. The molecule has 0 unspecified atom stereocenters. The molecule has 2 heterocycles. The summed E-state index contributed by atoms with van der Waals surface area (Å²) < 4.78 is 2.47. The molecule has 5 heteroatoms. The standard InChI is InChI=1S/C9H6BrN3O/c10-7-4-11-13(5-7)9-3-1-2-8(6-14)12-9/h1-6H. The zero-order chi connectivity index (χ0) is 9.97. The Balaban J connectivity index is 2.46. The van der Waals surface area contributed by atoms with E-state index in [0.717, 1.165) is 4.47 Å². The molecule has 0 N–H and O–H groups in total. The van der Waals surface area contributed by atoms with E-state index in [-0.39, 0.29) is 0 Å². The number of pyridine rings is 1. The molecule has 0 amide bonds. The Labute approximate surface area is 88.7 Å². The Morgan fingerprint density at radius 1 is 1.43 bits per heavy atom. The summed E-state index contributed by atoms with van der Waals surface area (Å²) in [7, 11) is 0. The summed E-state index contributed by atoms with van der Waals surface area (Å²) in [5, 5.41) is 4.05. The lowest BCUT2D eigenvalue weighted by Gasteiger charge is -1.99. The van der Waals surface area contributed by atoms with Crippen LogP contribution in [-0.4, -0.2) is 21.1 Å². The number of carbonyl (C=O) groups is 1. The van der Waals surface area contributed by atoms with E-state index >= 15 is 0 Å². The van der Waals surface area contributed by atoms with E-state index in [1.165, 1.54) is 0 Å². The van der Waals surface area contributed by atoms with E-state index in [9.17, 15) is 4.79 Å². The van der Waals surface area contributed by atoms with Crippen molar-refractivity contribution in [1.82, 2.24) is 14.8 Å². The molecule has 0 aliphatic heterocycles. The predicted molar refractivity (Wildman–Crippen MR) is 54.4 cm³/mol. The molecule has 0 atom stereocenters. The Morgan fingerprint density at radius 3 is 2.93 bits per heavy atom. The highest BCUT2D eigenvalue weighted by atomic mass is 79.9. The first-order valence-corrected chi connectivity index (χ1v) is 4.71. The molecule has 0 fully saturated rings. The zero-order valence-corrected chi connectivity index (χ0v) is 8.68. The number of nitrogens with zero attached hydrogens (tertiary/aromatic N) is 3. The Bertz CT molecular complexity index is 467. The second-order valence-corrected chi connectivity index (χ2v) is 3.56. The van der Waals surface area contributed by atoms with E-state index in [1.54, 1.807) is 35.3 Å². The molecule has 0 saturated carbocycles. The lowest BCUT2D eigenvalue weighted by atomic mass is 10.4. The lowest BCUT2D eigenvalue weighted by Crippen LogP contribution is -1.99. The van der Waals surface area contributed by atoms with Crippen LogP contribution in [0.15, 0.2) is 35.1 Å². The van der Waals surface area contributed by atoms with Gasteiger partial charge < -0.3 is 0 Å². The molecule has 2 aromatic heterocycles. The van der Waals surface area contributed by atoms with Gasteiger partial charge in [0.25, 0.3) is 0 Å². The largest absolute Gasteiger partial charge is 0.296 e. The number of hydrogen-bond donors (Lipinski definition) is 0. The number of aldehydes is 1. The predicted octanol–water partition coefficient (Wildman–Crippen LogP) is 1.84. The highest BCUT2D eigenvalue weighted by Crippen LogP contribution is 2.10. The van der Waals surface area contributed by atoms with Crippen LogP contribution in [0.25, 0.3) is 5.82 Å². The minimum Gasteiger partial charge on any atom is -0.296 e. The van der Waals surface area contributed by atoms with Crippen LogP contribution in [0.1, 0.15) is 10.5 Å². The van der Waals surface area contributed by atoms with Crippen LogP contribution in [-0.2, 0) is 0 Å². The van der Waals surface area contributed by atoms with Gasteiger partial charge in [0.15, 0.2) is 12.1 Å². The van der Waals surface area contributed by atoms with Gasteiger partial charge >= 0.3 is 0 Å². The van der Waals surface area contributed by atoms with Crippen LogP contribution in [0.3, 0.4) is 0 Å². The van der Waals surface area contributed by atoms with Crippen LogP contribution in [0.5, 0.6) is 0 Å². The van der Waals surface area contributed by atoms with Crippen molar-refractivity contribution in [2.75, 3.05) is 0 Å². The van der Waals surface area contributed by atoms with E-state index < -0.39 is 0 Å². The zero-order valence-electron chi connectivity index (χ0n) is 7.09. The molecular formula is C9H6BrN3O. The maximum atomic E-state index is 10.5. The van der Waals surface area contributed by atoms with Gasteiger partial charge in [0.1, 0.15) is 5.69 Å². The van der Waals surface area contributed by atoms with E-state index in [0.29, 0.717) is 17.8 Å². The summed E-state index contributed by atoms with van der Waals surface area (Å²) in [6, 6.07) is 5.20. The summed E-state index contributed by atoms with van der Waals surface area (Å²) in [4.78, 5) is 14.6. The number of hydrogen-bond acceptors (Lipinski definition) is 3. The third kappa shape index (κ3) is 1.72. The second-order valence-electron chi connectivity index (χ2n) is 2.64. The van der Waals surface area contributed by atoms with E-state index in [1.807, 2.05) is 0 Å². The first-order valence-electron chi connectivity index (χ1n) is 3.92. The average Bonchev–Trinajstić information content (AvgIpc) is 2.65. The Morgan fingerprint density at radius 2 is 2.29 bits per heavy atom. The van der Waals surface area contributed by atoms with Crippen molar-refractivity contribution >= 4 is 22.2 Å². The minimum absolute atomic E-state index is 0.397. The molecule has 0 bridgehead atoms. The van der Waals surface area contributed by atoms with Crippen LogP contribution in [0.4, 0.5) is 0 Å². The van der Waals surface area contributed by atoms with Crippen molar-refractivity contribution in [3.05, 3.63) is 40.8 Å². The summed E-state index contributed by atoms with van der Waals surface area (Å²) in [5.41, 5.74) is 0.397. The monoisotopic (exact) mass is 251 g/mol. The Hall–Kier alpha value is -1.49. The van der Waals surface area contributed by atoms with Crippen molar-refractivity contribution in [2.45, 2.75) is 0 Å². The second kappa shape index (κ2) is 3.71. The molecular weight excluding hydrogens is 246 g/mol. The summed E-state index contributed by atoms with van der Waals surface area (Å²) >= 11 is 3.28. The molecule has 0 aliphatic rings. The van der Waals surface area contributed by atoms with Gasteiger partial charge in [0, 0.05) is 6.20 Å². The molecule has 0 saturated heterocycles. The van der Waals surface area contributed by atoms with Gasteiger partial charge in [-0.2, -0.15) is 5.10 Å². The van der Waals surface area contributed by atoms with Crippen LogP contribution < -0.4 is 0 Å². The van der Waals surface area contributed by atoms with Gasteiger partial charge in [0.2, 0.25) is 0 Å². The van der Waals surface area contributed by atoms with Crippen molar-refractivity contribution in [2.24, 2.45) is 0 Å². The third-order valence-corrected chi connectivity index (χ3v) is 2.07. The van der Waals surface area contributed by atoms with Crippen LogP contribution in [0.2, 0.25) is 0 Å². The Kier molecular flexibility index (Phi) is 2.41. The fourth-order valence-corrected chi connectivity index (χ4v) is 1.34. The highest BCUT2D eigenvalue weighted by Gasteiger charge is 2.00. The smallest absolute Gasteiger partial charge is 0.168 e. The fourth-order valence-electron chi connectivity index (χ4n) is 1.06. The molecule has 0 aromatic carbocycles. The molecule has 14 heavy (non-hydrogen) atoms. The minimum atomic E-state index is 0.397. The van der Waals surface area contributed by atoms with Gasteiger partial charge in [-0.1, -0.05) is 6.07 Å². The molecule has 4 nitrogen and oxygen atoms in total. The molecule has 2 rings (SSSR count). The maximum absolute atomic E-state index is 10.5. The SMILES string of the molecule is O=Cc1cccc(-n2cc(Br)cn2)n1. The number of aromatic nitrogens is 3. The number of rotatable bonds is 2. The van der Waals surface area contributed by atoms with Gasteiger partial charge in [-0.25, -0.2) is 9.67 Å². The normalized spacial score (nSPS) is 10.1. The molecule has 0 radical (unpaired) electrons. The van der Waals surface area contributed by atoms with E-state index in [2.05, 4.69) is 26.0 Å². The first-order chi connectivity index (χ1) is 6.79. The first kappa shape index (κ1) is 9.08. The summed E-state index contributed by atoms with van der Waals surface area (Å²) in [6.45, 7) is 0. The molecule has 0 spiro atoms. The van der Waals surface area contributed by atoms with Gasteiger partial charge in [-0.15, -0.1) is 0 Å². The highest BCUT2D eigenvalue weighted by molar-refractivity contribution is 9.10. The van der Waals surface area contributed by atoms with Gasteiger partial charge in [-0.3, -0.25) is 4.79 Å². The van der Waals surface area contributed by atoms with Crippen molar-refractivity contribution in [3.63, 3.8) is 0 Å². The fraction of sp³-hybridized carbons (Fsp3) is 0. The summed E-state index contributed by atoms with van der Waals surface area (Å²) in [6.07, 6.45) is 4.15. The molecule has 0 aliphatic carbocycles. The van der Waals surface area contributed by atoms with Crippen LogP contribution in [0, 0.1) is 0 Å². The number of carbonyl (C=O) groups excluding carboxylic acids is 1. The average molecular weight is 252 g/mol. The van der Waals surface area contributed by atoms with Crippen molar-refractivity contribution in [1.29, 1.82) is 0 Å². The molecule has 70 valence electrons. The van der Waals surface area contributed by atoms with E-state index in [4.69, 9.17) is 0 Å². The van der Waals surface area contributed by atoms with Crippen molar-refractivity contribution in [3.8, 4) is 5.82 Å². The van der Waals surface area contributed by atoms with Crippen LogP contribution >= 0.6 is 15.9 Å². The summed E-state index contributed by atoms with van der Waals surface area (Å²) in [5.74, 6) is 0.625. The van der Waals surface area contributed by atoms with Crippen molar-refractivity contribution < 1.29 is 4.79 Å². The van der Waals surface area contributed by atoms with Gasteiger partial charge in [-0.05, 0) is 28.1 Å². The maximum Gasteiger partial charge on any atom is 0.168 e. The third-order valence-electron chi connectivity index (χ3n) is 1.66. The number of halogens is 1. The lowest BCUT2D eigenvalue weighted by molar-refractivity contribution is 0.111. The quantitative estimate of drug-likeness (QED) is 0.766.